The summed E-state index contributed by atoms with van der Waals surface area (Å²) in [5.41, 5.74) is 11.5. The number of hydrogen-bond donors (Lipinski definition) is 2. The number of benzene rings is 1. The molecule has 0 bridgehead atoms. The van der Waals surface area contributed by atoms with Crippen molar-refractivity contribution in [1.82, 2.24) is 0 Å². The molecule has 1 amide bonds. The fourth-order valence-corrected chi connectivity index (χ4v) is 0.969. The van der Waals surface area contributed by atoms with Crippen molar-refractivity contribution in [3.8, 4) is 0 Å². The molecule has 68 valence electrons. The summed E-state index contributed by atoms with van der Waals surface area (Å²) in [6.07, 6.45) is 0.510. The maximum absolute atomic E-state index is 10.6. The molecular weight excluding hydrogens is 192 g/mol. The van der Waals surface area contributed by atoms with Gasteiger partial charge in [-0.15, -0.1) is 0 Å². The van der Waals surface area contributed by atoms with Gasteiger partial charge in [-0.25, -0.2) is 0 Å². The van der Waals surface area contributed by atoms with Gasteiger partial charge >= 0.3 is 37.7 Å². The second-order valence-electron chi connectivity index (χ2n) is 2.70. The van der Waals surface area contributed by atoms with Gasteiger partial charge in [-0.2, -0.15) is 0 Å². The molecule has 0 aliphatic rings. The zero-order chi connectivity index (χ0) is 8.97. The third-order valence-corrected chi connectivity index (χ3v) is 1.66. The van der Waals surface area contributed by atoms with Crippen LogP contribution in [0.3, 0.4) is 0 Å². The van der Waals surface area contributed by atoms with Crippen LogP contribution in [0.5, 0.6) is 0 Å². The van der Waals surface area contributed by atoms with Crippen molar-refractivity contribution in [2.45, 2.75) is 12.5 Å². The van der Waals surface area contributed by atoms with Crippen molar-refractivity contribution in [2.75, 3.05) is 0 Å². The SMILES string of the molecule is NC(=O)C(N)Cc1ccccc1.[CaH2]. The van der Waals surface area contributed by atoms with E-state index in [0.717, 1.165) is 5.56 Å². The topological polar surface area (TPSA) is 69.1 Å². The van der Waals surface area contributed by atoms with Gasteiger partial charge in [-0.1, -0.05) is 30.3 Å². The molecule has 4 heteroatoms. The summed E-state index contributed by atoms with van der Waals surface area (Å²) >= 11 is 0. The number of primary amides is 1. The van der Waals surface area contributed by atoms with Gasteiger partial charge in [0.15, 0.2) is 0 Å². The summed E-state index contributed by atoms with van der Waals surface area (Å²) in [5.74, 6) is -0.459. The molecule has 4 N–H and O–H groups in total. The van der Waals surface area contributed by atoms with E-state index in [1.807, 2.05) is 30.3 Å². The Morgan fingerprint density at radius 3 is 2.31 bits per heavy atom. The number of amides is 1. The molecular formula is C9H14CaN2O. The van der Waals surface area contributed by atoms with E-state index in [2.05, 4.69) is 0 Å². The maximum atomic E-state index is 10.6. The summed E-state index contributed by atoms with van der Waals surface area (Å²) in [5, 5.41) is 0. The Kier molecular flexibility index (Phi) is 6.33. The zero-order valence-electron chi connectivity index (χ0n) is 6.73. The van der Waals surface area contributed by atoms with E-state index >= 15 is 0 Å². The van der Waals surface area contributed by atoms with Crippen LogP contribution in [0.2, 0.25) is 0 Å². The predicted octanol–water partition coefficient (Wildman–Crippen LogP) is -0.875. The summed E-state index contributed by atoms with van der Waals surface area (Å²) < 4.78 is 0. The summed E-state index contributed by atoms with van der Waals surface area (Å²) in [6.45, 7) is 0. The first-order chi connectivity index (χ1) is 5.70. The van der Waals surface area contributed by atoms with Gasteiger partial charge in [0.05, 0.1) is 6.04 Å². The van der Waals surface area contributed by atoms with Gasteiger partial charge in [-0.05, 0) is 12.0 Å². The number of hydrogen-bond acceptors (Lipinski definition) is 2. The molecule has 1 atom stereocenters. The van der Waals surface area contributed by atoms with E-state index in [-0.39, 0.29) is 37.7 Å². The molecule has 0 saturated carbocycles. The molecule has 0 fully saturated rings. The Hall–Kier alpha value is -0.0903. The third kappa shape index (κ3) is 4.62. The van der Waals surface area contributed by atoms with E-state index in [0.29, 0.717) is 6.42 Å². The first-order valence-electron chi connectivity index (χ1n) is 3.79. The Bertz CT molecular complexity index is 264. The summed E-state index contributed by atoms with van der Waals surface area (Å²) in [7, 11) is 0. The minimum absolute atomic E-state index is 0. The van der Waals surface area contributed by atoms with Crippen molar-refractivity contribution in [2.24, 2.45) is 11.5 Å². The van der Waals surface area contributed by atoms with Crippen LogP contribution in [0, 0.1) is 0 Å². The van der Waals surface area contributed by atoms with Crippen molar-refractivity contribution >= 4 is 43.6 Å². The number of carbonyl (C=O) groups is 1. The van der Waals surface area contributed by atoms with E-state index in [1.165, 1.54) is 0 Å². The van der Waals surface area contributed by atoms with Crippen LogP contribution in [-0.4, -0.2) is 49.7 Å². The molecule has 3 nitrogen and oxygen atoms in total. The van der Waals surface area contributed by atoms with Crippen LogP contribution in [0.1, 0.15) is 5.56 Å². The normalized spacial score (nSPS) is 11.5. The van der Waals surface area contributed by atoms with Gasteiger partial charge < -0.3 is 11.5 Å². The van der Waals surface area contributed by atoms with Crippen molar-refractivity contribution in [3.63, 3.8) is 0 Å². The molecule has 0 aliphatic heterocycles. The quantitative estimate of drug-likeness (QED) is 0.631. The molecule has 1 aromatic carbocycles. The average Bonchev–Trinajstić information content (AvgIpc) is 2.06. The number of carbonyl (C=O) groups excluding carboxylic acids is 1. The Morgan fingerprint density at radius 1 is 1.31 bits per heavy atom. The van der Waals surface area contributed by atoms with E-state index in [4.69, 9.17) is 11.5 Å². The van der Waals surface area contributed by atoms with Gasteiger partial charge in [0.1, 0.15) is 0 Å². The Morgan fingerprint density at radius 2 is 1.85 bits per heavy atom. The van der Waals surface area contributed by atoms with Crippen LogP contribution < -0.4 is 11.5 Å². The summed E-state index contributed by atoms with van der Waals surface area (Å²) in [6, 6.07) is 8.99. The average molecular weight is 206 g/mol. The monoisotopic (exact) mass is 206 g/mol. The molecule has 0 saturated heterocycles. The first kappa shape index (κ1) is 12.9. The third-order valence-electron chi connectivity index (χ3n) is 1.66. The van der Waals surface area contributed by atoms with Crippen LogP contribution >= 0.6 is 0 Å². The Balaban J connectivity index is 0.00000144. The van der Waals surface area contributed by atoms with E-state index in [1.54, 1.807) is 0 Å². The van der Waals surface area contributed by atoms with Gasteiger partial charge in [0.2, 0.25) is 5.91 Å². The van der Waals surface area contributed by atoms with Crippen LogP contribution in [0.25, 0.3) is 0 Å². The second-order valence-corrected chi connectivity index (χ2v) is 2.70. The van der Waals surface area contributed by atoms with Gasteiger partial charge in [0.25, 0.3) is 0 Å². The van der Waals surface area contributed by atoms with Crippen LogP contribution in [0.15, 0.2) is 30.3 Å². The first-order valence-corrected chi connectivity index (χ1v) is 3.79. The second kappa shape index (κ2) is 6.38. The van der Waals surface area contributed by atoms with Gasteiger partial charge in [-0.3, -0.25) is 4.79 Å². The summed E-state index contributed by atoms with van der Waals surface area (Å²) in [4.78, 5) is 10.6. The van der Waals surface area contributed by atoms with Crippen LogP contribution in [-0.2, 0) is 11.2 Å². The molecule has 1 rings (SSSR count). The predicted molar refractivity (Wildman–Crippen MR) is 55.9 cm³/mol. The molecule has 0 spiro atoms. The standard InChI is InChI=1S/C9H12N2O.Ca.2H/c10-8(9(11)12)6-7-4-2-1-3-5-7;;;/h1-5,8H,6,10H2,(H2,11,12);;;. The van der Waals surface area contributed by atoms with Crippen molar-refractivity contribution in [1.29, 1.82) is 0 Å². The molecule has 0 heterocycles. The molecule has 0 aromatic heterocycles. The molecule has 0 radical (unpaired) electrons. The zero-order valence-corrected chi connectivity index (χ0v) is 6.73. The molecule has 0 aliphatic carbocycles. The van der Waals surface area contributed by atoms with Crippen molar-refractivity contribution in [3.05, 3.63) is 35.9 Å². The van der Waals surface area contributed by atoms with E-state index in [9.17, 15) is 4.79 Å². The fraction of sp³-hybridized carbons (Fsp3) is 0.222. The molecule has 1 unspecified atom stereocenters. The minimum atomic E-state index is -0.576. The Labute approximate surface area is 107 Å². The van der Waals surface area contributed by atoms with Crippen LogP contribution in [0.4, 0.5) is 0 Å². The van der Waals surface area contributed by atoms with E-state index < -0.39 is 11.9 Å². The number of nitrogens with two attached hydrogens (primary N) is 2. The molecule has 1 aromatic rings. The van der Waals surface area contributed by atoms with Gasteiger partial charge in [0, 0.05) is 0 Å². The van der Waals surface area contributed by atoms with Crippen molar-refractivity contribution < 1.29 is 4.79 Å². The fourth-order valence-electron chi connectivity index (χ4n) is 0.969. The number of rotatable bonds is 3. The molecule has 13 heavy (non-hydrogen) atoms.